The lowest BCUT2D eigenvalue weighted by atomic mass is 10.2. The highest BCUT2D eigenvalue weighted by Crippen LogP contribution is 2.26. The van der Waals surface area contributed by atoms with Crippen molar-refractivity contribution >= 4 is 10.9 Å². The molecule has 18 heavy (non-hydrogen) atoms. The monoisotopic (exact) mass is 238 g/mol. The molecule has 1 N–H and O–H groups in total. The summed E-state index contributed by atoms with van der Waals surface area (Å²) in [6.45, 7) is 4.06. The predicted molar refractivity (Wildman–Crippen MR) is 72.1 cm³/mol. The zero-order valence-corrected chi connectivity index (χ0v) is 10.4. The summed E-state index contributed by atoms with van der Waals surface area (Å²) >= 11 is 0. The summed E-state index contributed by atoms with van der Waals surface area (Å²) in [4.78, 5) is 0. The first-order valence-corrected chi connectivity index (χ1v) is 5.91. The number of aromatic nitrogens is 2. The van der Waals surface area contributed by atoms with Gasteiger partial charge >= 0.3 is 0 Å². The molecule has 0 aliphatic rings. The van der Waals surface area contributed by atoms with Crippen LogP contribution in [0.15, 0.2) is 42.5 Å². The van der Waals surface area contributed by atoms with Crippen LogP contribution >= 0.6 is 0 Å². The molecule has 3 rings (SSSR count). The molecule has 90 valence electrons. The number of hydrogen-bond acceptors (Lipinski definition) is 2. The highest BCUT2D eigenvalue weighted by molar-refractivity contribution is 5.82. The first-order valence-electron chi connectivity index (χ1n) is 5.91. The summed E-state index contributed by atoms with van der Waals surface area (Å²) in [5.41, 5.74) is 3.19. The van der Waals surface area contributed by atoms with E-state index in [9.17, 15) is 0 Å². The molecule has 0 bridgehead atoms. The minimum absolute atomic E-state index is 0.805. The molecule has 3 nitrogen and oxygen atoms in total. The Morgan fingerprint density at radius 3 is 2.67 bits per heavy atom. The molecule has 3 aromatic rings. The Balaban J connectivity index is 1.95. The fourth-order valence-electron chi connectivity index (χ4n) is 2.00. The Hall–Kier alpha value is -2.29. The third-order valence-electron chi connectivity index (χ3n) is 2.94. The molecule has 0 fully saturated rings. The van der Waals surface area contributed by atoms with Crippen LogP contribution < -0.4 is 4.74 Å². The molecule has 1 aromatic heterocycles. The van der Waals surface area contributed by atoms with Crippen LogP contribution in [0.3, 0.4) is 0 Å². The number of nitrogens with one attached hydrogen (secondary N) is 1. The van der Waals surface area contributed by atoms with E-state index in [0.29, 0.717) is 0 Å². The lowest BCUT2D eigenvalue weighted by molar-refractivity contribution is 0.483. The Morgan fingerprint density at radius 2 is 1.83 bits per heavy atom. The van der Waals surface area contributed by atoms with E-state index in [1.54, 1.807) is 0 Å². The van der Waals surface area contributed by atoms with Crippen LogP contribution in [0.1, 0.15) is 11.3 Å². The molecule has 2 aromatic carbocycles. The Kier molecular flexibility index (Phi) is 2.52. The molecule has 0 aliphatic heterocycles. The SMILES string of the molecule is Cc1cccc(Oc2ccc3c(C)[nH]nc3c2)c1. The zero-order valence-electron chi connectivity index (χ0n) is 10.4. The normalized spacial score (nSPS) is 10.8. The van der Waals surface area contributed by atoms with Crippen molar-refractivity contribution < 1.29 is 4.74 Å². The van der Waals surface area contributed by atoms with Crippen molar-refractivity contribution in [1.82, 2.24) is 10.2 Å². The van der Waals surface area contributed by atoms with Crippen molar-refractivity contribution in [2.24, 2.45) is 0 Å². The topological polar surface area (TPSA) is 37.9 Å². The van der Waals surface area contributed by atoms with E-state index < -0.39 is 0 Å². The molecule has 0 amide bonds. The Labute approximate surface area is 105 Å². The number of hydrogen-bond donors (Lipinski definition) is 1. The van der Waals surface area contributed by atoms with Crippen LogP contribution in [0, 0.1) is 13.8 Å². The summed E-state index contributed by atoms with van der Waals surface area (Å²) in [7, 11) is 0. The fourth-order valence-corrected chi connectivity index (χ4v) is 2.00. The van der Waals surface area contributed by atoms with Gasteiger partial charge in [-0.15, -0.1) is 0 Å². The quantitative estimate of drug-likeness (QED) is 0.733. The number of benzene rings is 2. The average Bonchev–Trinajstić information content (AvgIpc) is 2.71. The summed E-state index contributed by atoms with van der Waals surface area (Å²) in [6, 6.07) is 13.9. The Morgan fingerprint density at radius 1 is 1.00 bits per heavy atom. The number of ether oxygens (including phenoxy) is 1. The fraction of sp³-hybridized carbons (Fsp3) is 0.133. The maximum atomic E-state index is 5.82. The number of H-pyrrole nitrogens is 1. The molecular weight excluding hydrogens is 224 g/mol. The van der Waals surface area contributed by atoms with Gasteiger partial charge in [0, 0.05) is 17.1 Å². The standard InChI is InChI=1S/C15H14N2O/c1-10-4-3-5-12(8-10)18-13-6-7-14-11(2)16-17-15(14)9-13/h3-9H,1-2H3,(H,16,17). The molecule has 3 heteroatoms. The molecule has 0 spiro atoms. The summed E-state index contributed by atoms with van der Waals surface area (Å²) in [6.07, 6.45) is 0. The predicted octanol–water partition coefficient (Wildman–Crippen LogP) is 3.97. The number of aryl methyl sites for hydroxylation is 2. The number of fused-ring (bicyclic) bond motifs is 1. The van der Waals surface area contributed by atoms with Gasteiger partial charge in [-0.2, -0.15) is 5.10 Å². The van der Waals surface area contributed by atoms with Gasteiger partial charge in [0.25, 0.3) is 0 Å². The van der Waals surface area contributed by atoms with Gasteiger partial charge in [0.15, 0.2) is 0 Å². The number of rotatable bonds is 2. The van der Waals surface area contributed by atoms with Crippen molar-refractivity contribution in [2.45, 2.75) is 13.8 Å². The van der Waals surface area contributed by atoms with Crippen LogP contribution in [-0.4, -0.2) is 10.2 Å². The van der Waals surface area contributed by atoms with E-state index in [1.165, 1.54) is 5.56 Å². The van der Waals surface area contributed by atoms with Gasteiger partial charge in [-0.25, -0.2) is 0 Å². The van der Waals surface area contributed by atoms with Gasteiger partial charge in [0.05, 0.1) is 5.52 Å². The molecule has 0 radical (unpaired) electrons. The molecule has 0 unspecified atom stereocenters. The lowest BCUT2D eigenvalue weighted by Gasteiger charge is -2.06. The van der Waals surface area contributed by atoms with Crippen molar-refractivity contribution in [3.63, 3.8) is 0 Å². The smallest absolute Gasteiger partial charge is 0.129 e. The largest absolute Gasteiger partial charge is 0.457 e. The number of nitrogens with zero attached hydrogens (tertiary/aromatic N) is 1. The summed E-state index contributed by atoms with van der Waals surface area (Å²) < 4.78 is 5.82. The molecule has 0 atom stereocenters. The summed E-state index contributed by atoms with van der Waals surface area (Å²) in [5.74, 6) is 1.65. The second-order valence-corrected chi connectivity index (χ2v) is 4.45. The van der Waals surface area contributed by atoms with Crippen LogP contribution in [0.4, 0.5) is 0 Å². The Bertz CT molecular complexity index is 701. The average molecular weight is 238 g/mol. The van der Waals surface area contributed by atoms with Crippen molar-refractivity contribution in [2.75, 3.05) is 0 Å². The van der Waals surface area contributed by atoms with Crippen LogP contribution in [0.5, 0.6) is 11.5 Å². The van der Waals surface area contributed by atoms with Gasteiger partial charge in [0.2, 0.25) is 0 Å². The van der Waals surface area contributed by atoms with E-state index in [1.807, 2.05) is 56.3 Å². The maximum Gasteiger partial charge on any atom is 0.129 e. The highest BCUT2D eigenvalue weighted by atomic mass is 16.5. The second-order valence-electron chi connectivity index (χ2n) is 4.45. The molecule has 1 heterocycles. The van der Waals surface area contributed by atoms with Gasteiger partial charge in [-0.05, 0) is 43.7 Å². The minimum atomic E-state index is 0.805. The molecule has 0 saturated carbocycles. The van der Waals surface area contributed by atoms with Gasteiger partial charge in [-0.1, -0.05) is 12.1 Å². The number of aromatic amines is 1. The zero-order chi connectivity index (χ0) is 12.5. The van der Waals surface area contributed by atoms with Crippen LogP contribution in [0.25, 0.3) is 10.9 Å². The van der Waals surface area contributed by atoms with Crippen LogP contribution in [-0.2, 0) is 0 Å². The highest BCUT2D eigenvalue weighted by Gasteiger charge is 2.04. The van der Waals surface area contributed by atoms with Gasteiger partial charge < -0.3 is 4.74 Å². The van der Waals surface area contributed by atoms with Crippen molar-refractivity contribution in [1.29, 1.82) is 0 Å². The lowest BCUT2D eigenvalue weighted by Crippen LogP contribution is -1.84. The molecular formula is C15H14N2O. The third kappa shape index (κ3) is 1.95. The van der Waals surface area contributed by atoms with Crippen molar-refractivity contribution in [3.8, 4) is 11.5 Å². The molecule has 0 saturated heterocycles. The second kappa shape index (κ2) is 4.18. The summed E-state index contributed by atoms with van der Waals surface area (Å²) in [5, 5.41) is 8.34. The third-order valence-corrected chi connectivity index (χ3v) is 2.94. The first kappa shape index (κ1) is 10.8. The van der Waals surface area contributed by atoms with Gasteiger partial charge in [0.1, 0.15) is 11.5 Å². The van der Waals surface area contributed by atoms with Crippen molar-refractivity contribution in [3.05, 3.63) is 53.7 Å². The van der Waals surface area contributed by atoms with Gasteiger partial charge in [-0.3, -0.25) is 5.10 Å². The van der Waals surface area contributed by atoms with E-state index >= 15 is 0 Å². The van der Waals surface area contributed by atoms with E-state index in [-0.39, 0.29) is 0 Å². The van der Waals surface area contributed by atoms with E-state index in [4.69, 9.17) is 4.74 Å². The van der Waals surface area contributed by atoms with E-state index in [2.05, 4.69) is 10.2 Å². The molecule has 0 aliphatic carbocycles. The first-order chi connectivity index (χ1) is 8.72. The van der Waals surface area contributed by atoms with Crippen LogP contribution in [0.2, 0.25) is 0 Å². The maximum absolute atomic E-state index is 5.82. The van der Waals surface area contributed by atoms with E-state index in [0.717, 1.165) is 28.1 Å². The minimum Gasteiger partial charge on any atom is -0.457 e.